The molecule has 2 aromatic carbocycles. The third-order valence-corrected chi connectivity index (χ3v) is 4.29. The summed E-state index contributed by atoms with van der Waals surface area (Å²) in [7, 11) is 0. The molecule has 150 valence electrons. The Kier molecular flexibility index (Phi) is 6.18. The number of nitrogens with zero attached hydrogens (tertiary/aromatic N) is 3. The average molecular weight is 396 g/mol. The van der Waals surface area contributed by atoms with Gasteiger partial charge in [0.25, 0.3) is 11.6 Å². The number of aromatic nitrogens is 2. The van der Waals surface area contributed by atoms with Crippen LogP contribution in [0.2, 0.25) is 0 Å². The Morgan fingerprint density at radius 3 is 2.72 bits per heavy atom. The molecule has 0 aliphatic rings. The summed E-state index contributed by atoms with van der Waals surface area (Å²) in [5.74, 6) is -1.20. The van der Waals surface area contributed by atoms with E-state index in [0.717, 1.165) is 23.2 Å². The number of hydrogen-bond donors (Lipinski definition) is 1. The lowest BCUT2D eigenvalue weighted by molar-refractivity contribution is -0.384. The number of imidazole rings is 1. The molecule has 0 spiro atoms. The van der Waals surface area contributed by atoms with Crippen LogP contribution in [-0.2, 0) is 11.3 Å². The molecule has 0 aliphatic carbocycles. The van der Waals surface area contributed by atoms with Crippen molar-refractivity contribution in [1.29, 1.82) is 0 Å². The van der Waals surface area contributed by atoms with Crippen LogP contribution >= 0.6 is 0 Å². The first-order chi connectivity index (χ1) is 14.0. The highest BCUT2D eigenvalue weighted by molar-refractivity contribution is 5.99. The first kappa shape index (κ1) is 20.0. The molecule has 1 heterocycles. The summed E-state index contributed by atoms with van der Waals surface area (Å²) >= 11 is 0. The number of nitro benzene ring substituents is 1. The molecule has 0 saturated heterocycles. The molecule has 9 nitrogen and oxygen atoms in total. The van der Waals surface area contributed by atoms with Crippen LogP contribution in [0.15, 0.2) is 48.8 Å². The van der Waals surface area contributed by atoms with Gasteiger partial charge >= 0.3 is 5.97 Å². The second-order valence-corrected chi connectivity index (χ2v) is 6.28. The van der Waals surface area contributed by atoms with Crippen LogP contribution in [0.25, 0.3) is 11.0 Å². The van der Waals surface area contributed by atoms with Crippen molar-refractivity contribution in [2.45, 2.75) is 19.9 Å². The molecular formula is C20H20N4O5. The number of nitrogens with one attached hydrogen (secondary N) is 1. The van der Waals surface area contributed by atoms with Crippen molar-refractivity contribution in [1.82, 2.24) is 14.9 Å². The highest BCUT2D eigenvalue weighted by atomic mass is 16.6. The number of aryl methyl sites for hydroxylation is 1. The Morgan fingerprint density at radius 1 is 1.21 bits per heavy atom. The molecule has 1 aromatic heterocycles. The smallest absolute Gasteiger partial charge is 0.338 e. The molecule has 1 N–H and O–H groups in total. The molecule has 0 unspecified atom stereocenters. The number of benzene rings is 2. The molecule has 0 bridgehead atoms. The molecule has 0 fully saturated rings. The first-order valence-corrected chi connectivity index (χ1v) is 9.14. The van der Waals surface area contributed by atoms with Gasteiger partial charge in [0.15, 0.2) is 0 Å². The van der Waals surface area contributed by atoms with Crippen LogP contribution in [0, 0.1) is 10.1 Å². The number of carbonyl (C=O) groups is 2. The van der Waals surface area contributed by atoms with Gasteiger partial charge in [0.2, 0.25) is 0 Å². The largest absolute Gasteiger partial charge is 0.462 e. The van der Waals surface area contributed by atoms with Crippen molar-refractivity contribution in [2.24, 2.45) is 0 Å². The number of esters is 1. The highest BCUT2D eigenvalue weighted by Crippen LogP contribution is 2.18. The zero-order valence-electron chi connectivity index (χ0n) is 15.8. The van der Waals surface area contributed by atoms with Crippen LogP contribution < -0.4 is 5.32 Å². The van der Waals surface area contributed by atoms with E-state index in [-0.39, 0.29) is 23.4 Å². The lowest BCUT2D eigenvalue weighted by Gasteiger charge is -2.08. The van der Waals surface area contributed by atoms with E-state index in [1.54, 1.807) is 13.3 Å². The Hall–Kier alpha value is -3.75. The SMILES string of the molecule is CCOC(=O)c1cc(C(=O)NCCCn2cnc3ccccc32)cc([N+](=O)[O-])c1. The monoisotopic (exact) mass is 396 g/mol. The van der Waals surface area contributed by atoms with Gasteiger partial charge in [-0.3, -0.25) is 14.9 Å². The predicted molar refractivity (Wildman–Crippen MR) is 106 cm³/mol. The predicted octanol–water partition coefficient (Wildman–Crippen LogP) is 2.94. The van der Waals surface area contributed by atoms with Gasteiger partial charge in [0.1, 0.15) is 0 Å². The van der Waals surface area contributed by atoms with E-state index in [9.17, 15) is 19.7 Å². The van der Waals surface area contributed by atoms with Crippen LogP contribution in [0.4, 0.5) is 5.69 Å². The maximum absolute atomic E-state index is 12.4. The zero-order chi connectivity index (χ0) is 20.8. The molecule has 1 amide bonds. The van der Waals surface area contributed by atoms with Crippen LogP contribution in [0.3, 0.4) is 0 Å². The minimum Gasteiger partial charge on any atom is -0.462 e. The molecular weight excluding hydrogens is 376 g/mol. The van der Waals surface area contributed by atoms with E-state index < -0.39 is 16.8 Å². The summed E-state index contributed by atoms with van der Waals surface area (Å²) in [5.41, 5.74) is 1.58. The lowest BCUT2D eigenvalue weighted by atomic mass is 10.1. The minimum atomic E-state index is -0.711. The van der Waals surface area contributed by atoms with E-state index >= 15 is 0 Å². The Bertz CT molecular complexity index is 1060. The number of carbonyl (C=O) groups excluding carboxylic acids is 2. The van der Waals surface area contributed by atoms with E-state index in [2.05, 4.69) is 10.3 Å². The van der Waals surface area contributed by atoms with Crippen molar-refractivity contribution in [3.05, 3.63) is 70.0 Å². The van der Waals surface area contributed by atoms with E-state index in [1.807, 2.05) is 28.8 Å². The third kappa shape index (κ3) is 4.75. The van der Waals surface area contributed by atoms with Crippen LogP contribution in [0.5, 0.6) is 0 Å². The number of fused-ring (bicyclic) bond motifs is 1. The van der Waals surface area contributed by atoms with Crippen molar-refractivity contribution < 1.29 is 19.2 Å². The second-order valence-electron chi connectivity index (χ2n) is 6.28. The molecule has 0 aliphatic heterocycles. The Balaban J connectivity index is 1.63. The molecule has 0 atom stereocenters. The highest BCUT2D eigenvalue weighted by Gasteiger charge is 2.18. The average Bonchev–Trinajstić information content (AvgIpc) is 3.14. The fourth-order valence-corrected chi connectivity index (χ4v) is 2.92. The molecule has 29 heavy (non-hydrogen) atoms. The van der Waals surface area contributed by atoms with Crippen molar-refractivity contribution in [3.8, 4) is 0 Å². The Morgan fingerprint density at radius 2 is 1.97 bits per heavy atom. The number of para-hydroxylation sites is 2. The number of nitro groups is 1. The van der Waals surface area contributed by atoms with Gasteiger partial charge in [-0.05, 0) is 31.5 Å². The standard InChI is InChI=1S/C20H20N4O5/c1-2-29-20(26)15-10-14(11-16(12-15)24(27)28)19(25)21-8-5-9-23-13-22-17-6-3-4-7-18(17)23/h3-4,6-7,10-13H,2,5,8-9H2,1H3,(H,21,25). The summed E-state index contributed by atoms with van der Waals surface area (Å²) < 4.78 is 6.86. The molecule has 3 rings (SSSR count). The molecule has 9 heteroatoms. The summed E-state index contributed by atoms with van der Waals surface area (Å²) in [6, 6.07) is 11.3. The third-order valence-electron chi connectivity index (χ3n) is 4.29. The fourth-order valence-electron chi connectivity index (χ4n) is 2.92. The lowest BCUT2D eigenvalue weighted by Crippen LogP contribution is -2.25. The topological polar surface area (TPSA) is 116 Å². The molecule has 0 saturated carbocycles. The minimum absolute atomic E-state index is 0.0314. The normalized spacial score (nSPS) is 10.7. The van der Waals surface area contributed by atoms with Gasteiger partial charge in [-0.2, -0.15) is 0 Å². The maximum Gasteiger partial charge on any atom is 0.338 e. The summed E-state index contributed by atoms with van der Waals surface area (Å²) in [6.45, 7) is 2.78. The number of non-ortho nitro benzene ring substituents is 1. The number of hydrogen-bond acceptors (Lipinski definition) is 6. The summed E-state index contributed by atoms with van der Waals surface area (Å²) in [6.07, 6.45) is 2.39. The zero-order valence-corrected chi connectivity index (χ0v) is 15.8. The van der Waals surface area contributed by atoms with Gasteiger partial charge in [0.05, 0.1) is 34.5 Å². The van der Waals surface area contributed by atoms with Crippen molar-refractivity contribution >= 4 is 28.6 Å². The van der Waals surface area contributed by atoms with Gasteiger partial charge < -0.3 is 14.6 Å². The Labute approximate surface area is 166 Å². The van der Waals surface area contributed by atoms with E-state index in [4.69, 9.17) is 4.74 Å². The van der Waals surface area contributed by atoms with Gasteiger partial charge in [-0.15, -0.1) is 0 Å². The first-order valence-electron chi connectivity index (χ1n) is 9.14. The number of ether oxygens (including phenoxy) is 1. The summed E-state index contributed by atoms with van der Waals surface area (Å²) in [4.78, 5) is 39.1. The summed E-state index contributed by atoms with van der Waals surface area (Å²) in [5, 5.41) is 13.8. The fraction of sp³-hybridized carbons (Fsp3) is 0.250. The maximum atomic E-state index is 12.4. The van der Waals surface area contributed by atoms with Gasteiger partial charge in [-0.25, -0.2) is 9.78 Å². The number of amides is 1. The van der Waals surface area contributed by atoms with Crippen molar-refractivity contribution in [2.75, 3.05) is 13.2 Å². The number of rotatable bonds is 8. The van der Waals surface area contributed by atoms with Crippen LogP contribution in [0.1, 0.15) is 34.1 Å². The van der Waals surface area contributed by atoms with E-state index in [0.29, 0.717) is 19.5 Å². The van der Waals surface area contributed by atoms with Gasteiger partial charge in [0, 0.05) is 30.8 Å². The van der Waals surface area contributed by atoms with Gasteiger partial charge in [-0.1, -0.05) is 12.1 Å². The van der Waals surface area contributed by atoms with E-state index in [1.165, 1.54) is 6.07 Å². The quantitative estimate of drug-likeness (QED) is 0.271. The van der Waals surface area contributed by atoms with Crippen molar-refractivity contribution in [3.63, 3.8) is 0 Å². The molecule has 3 aromatic rings. The second kappa shape index (κ2) is 8.96. The molecule has 0 radical (unpaired) electrons. The van der Waals surface area contributed by atoms with Crippen LogP contribution in [-0.4, -0.2) is 39.5 Å².